The lowest BCUT2D eigenvalue weighted by Gasteiger charge is -2.28. The van der Waals surface area contributed by atoms with Crippen LogP contribution in [0.3, 0.4) is 0 Å². The fourth-order valence-corrected chi connectivity index (χ4v) is 7.80. The van der Waals surface area contributed by atoms with Crippen molar-refractivity contribution >= 4 is 60.5 Å². The molecule has 0 saturated carbocycles. The molecule has 0 radical (unpaired) electrons. The first kappa shape index (κ1) is 30.0. The second kappa shape index (κ2) is 12.5. The van der Waals surface area contributed by atoms with E-state index in [1.807, 2.05) is 6.07 Å². The van der Waals surface area contributed by atoms with Gasteiger partial charge in [-0.1, -0.05) is 158 Å². The van der Waals surface area contributed by atoms with Gasteiger partial charge in [-0.15, -0.1) is 0 Å². The van der Waals surface area contributed by atoms with E-state index in [1.54, 1.807) is 0 Å². The molecule has 2 heteroatoms. The molecule has 0 atom stereocenters. The first-order chi connectivity index (χ1) is 25.8. The summed E-state index contributed by atoms with van der Waals surface area (Å²) in [6, 6.07) is 71.7. The molecule has 0 bridgehead atoms. The Balaban J connectivity index is 1.19. The largest absolute Gasteiger partial charge is 0.455 e. The molecule has 0 N–H and O–H groups in total. The normalized spacial score (nSPS) is 11.5. The zero-order valence-corrected chi connectivity index (χ0v) is 28.4. The van der Waals surface area contributed by atoms with Crippen LogP contribution in [-0.4, -0.2) is 0 Å². The van der Waals surface area contributed by atoms with E-state index in [9.17, 15) is 0 Å². The van der Waals surface area contributed by atoms with Crippen LogP contribution in [0, 0.1) is 0 Å². The molecule has 0 aliphatic heterocycles. The zero-order valence-electron chi connectivity index (χ0n) is 28.4. The van der Waals surface area contributed by atoms with Crippen LogP contribution in [0.2, 0.25) is 0 Å². The van der Waals surface area contributed by atoms with Gasteiger partial charge in [-0.05, 0) is 86.4 Å². The van der Waals surface area contributed by atoms with Crippen molar-refractivity contribution in [3.8, 4) is 33.4 Å². The van der Waals surface area contributed by atoms with E-state index in [-0.39, 0.29) is 0 Å². The Morgan fingerprint density at radius 3 is 1.69 bits per heavy atom. The summed E-state index contributed by atoms with van der Waals surface area (Å²) in [7, 11) is 0. The van der Waals surface area contributed by atoms with E-state index in [2.05, 4.69) is 199 Å². The zero-order chi connectivity index (χ0) is 34.4. The van der Waals surface area contributed by atoms with Crippen molar-refractivity contribution in [2.24, 2.45) is 0 Å². The summed E-state index contributed by atoms with van der Waals surface area (Å²) in [5.74, 6) is 0. The van der Waals surface area contributed by atoms with Gasteiger partial charge in [0, 0.05) is 33.1 Å². The van der Waals surface area contributed by atoms with Gasteiger partial charge in [0.05, 0.1) is 5.69 Å². The molecule has 0 saturated heterocycles. The van der Waals surface area contributed by atoms with Crippen LogP contribution in [0.4, 0.5) is 17.1 Å². The number of furan rings is 1. The average molecular weight is 664 g/mol. The van der Waals surface area contributed by atoms with E-state index in [0.29, 0.717) is 0 Å². The first-order valence-electron chi connectivity index (χ1n) is 17.8. The van der Waals surface area contributed by atoms with Crippen LogP contribution in [0.1, 0.15) is 0 Å². The van der Waals surface area contributed by atoms with E-state index >= 15 is 0 Å². The van der Waals surface area contributed by atoms with Crippen LogP contribution >= 0.6 is 0 Å². The molecule has 52 heavy (non-hydrogen) atoms. The molecule has 1 heterocycles. The number of fused-ring (bicyclic) bond motifs is 6. The molecular weight excluding hydrogens is 631 g/mol. The molecule has 1 aromatic heterocycles. The Morgan fingerprint density at radius 1 is 0.346 bits per heavy atom. The molecule has 244 valence electrons. The maximum atomic E-state index is 6.62. The Morgan fingerprint density at radius 2 is 0.904 bits per heavy atom. The van der Waals surface area contributed by atoms with Gasteiger partial charge >= 0.3 is 0 Å². The highest BCUT2D eigenvalue weighted by atomic mass is 16.3. The molecule has 0 spiro atoms. The highest BCUT2D eigenvalue weighted by molar-refractivity contribution is 6.22. The highest BCUT2D eigenvalue weighted by Crippen LogP contribution is 2.47. The minimum absolute atomic E-state index is 0.893. The summed E-state index contributed by atoms with van der Waals surface area (Å²) in [6.07, 6.45) is 0. The highest BCUT2D eigenvalue weighted by Gasteiger charge is 2.22. The molecule has 0 fully saturated rings. The number of anilines is 3. The number of hydrogen-bond donors (Lipinski definition) is 0. The van der Waals surface area contributed by atoms with Gasteiger partial charge in [0.25, 0.3) is 0 Å². The number of rotatable bonds is 6. The second-order valence-corrected chi connectivity index (χ2v) is 13.3. The molecule has 0 unspecified atom stereocenters. The van der Waals surface area contributed by atoms with Gasteiger partial charge in [0.1, 0.15) is 11.2 Å². The molecular formula is C50H33NO. The fourth-order valence-electron chi connectivity index (χ4n) is 7.80. The van der Waals surface area contributed by atoms with Crippen LogP contribution in [0.5, 0.6) is 0 Å². The summed E-state index contributed by atoms with van der Waals surface area (Å²) in [6.45, 7) is 0. The molecule has 0 aliphatic carbocycles. The van der Waals surface area contributed by atoms with Gasteiger partial charge in [-0.2, -0.15) is 0 Å². The van der Waals surface area contributed by atoms with E-state index < -0.39 is 0 Å². The average Bonchev–Trinajstić information content (AvgIpc) is 3.62. The Bertz CT molecular complexity index is 2880. The standard InChI is InChI=1S/C50H33NO/c1-2-13-34(14-3-1)35-25-29-39(30-26-35)51(40-31-27-37(28-32-40)42-22-12-17-36-15-4-6-18-41(36)42)47-23-10-8-20-44(47)46-33-38-16-5-7-19-43(38)50-49(46)45-21-9-11-24-48(45)52-50/h1-33H. The second-order valence-electron chi connectivity index (χ2n) is 13.3. The number of nitrogens with zero attached hydrogens (tertiary/aromatic N) is 1. The SMILES string of the molecule is c1ccc(-c2ccc(N(c3ccc(-c4cccc5ccccc45)cc3)c3ccccc3-c3cc4ccccc4c4oc5ccccc5c34)cc2)cc1. The Hall–Kier alpha value is -6.90. The maximum absolute atomic E-state index is 6.62. The Kier molecular flexibility index (Phi) is 7.18. The van der Waals surface area contributed by atoms with Crippen molar-refractivity contribution in [2.45, 2.75) is 0 Å². The van der Waals surface area contributed by atoms with Gasteiger partial charge in [-0.25, -0.2) is 0 Å². The molecule has 9 aromatic carbocycles. The number of benzene rings is 9. The summed E-state index contributed by atoms with van der Waals surface area (Å²) in [5.41, 5.74) is 12.2. The molecule has 10 aromatic rings. The van der Waals surface area contributed by atoms with Crippen LogP contribution in [-0.2, 0) is 0 Å². The van der Waals surface area contributed by atoms with Gasteiger partial charge < -0.3 is 9.32 Å². The van der Waals surface area contributed by atoms with Crippen molar-refractivity contribution in [3.63, 3.8) is 0 Å². The van der Waals surface area contributed by atoms with Crippen molar-refractivity contribution in [1.82, 2.24) is 0 Å². The summed E-state index contributed by atoms with van der Waals surface area (Å²) < 4.78 is 6.62. The van der Waals surface area contributed by atoms with E-state index in [1.165, 1.54) is 33.0 Å². The van der Waals surface area contributed by atoms with Crippen LogP contribution < -0.4 is 4.90 Å². The third kappa shape index (κ3) is 5.04. The van der Waals surface area contributed by atoms with Crippen LogP contribution in [0.15, 0.2) is 205 Å². The first-order valence-corrected chi connectivity index (χ1v) is 17.8. The van der Waals surface area contributed by atoms with Crippen molar-refractivity contribution in [1.29, 1.82) is 0 Å². The third-order valence-electron chi connectivity index (χ3n) is 10.3. The smallest absolute Gasteiger partial charge is 0.143 e. The van der Waals surface area contributed by atoms with E-state index in [4.69, 9.17) is 4.42 Å². The van der Waals surface area contributed by atoms with Crippen LogP contribution in [0.25, 0.3) is 76.9 Å². The number of para-hydroxylation sites is 2. The van der Waals surface area contributed by atoms with Gasteiger partial charge in [0.15, 0.2) is 0 Å². The van der Waals surface area contributed by atoms with Gasteiger partial charge in [-0.3, -0.25) is 0 Å². The monoisotopic (exact) mass is 663 g/mol. The fraction of sp³-hybridized carbons (Fsp3) is 0. The lowest BCUT2D eigenvalue weighted by molar-refractivity contribution is 0.673. The van der Waals surface area contributed by atoms with Gasteiger partial charge in [0.2, 0.25) is 0 Å². The number of hydrogen-bond acceptors (Lipinski definition) is 2. The quantitative estimate of drug-likeness (QED) is 0.176. The van der Waals surface area contributed by atoms with Crippen molar-refractivity contribution in [3.05, 3.63) is 200 Å². The predicted octanol–water partition coefficient (Wildman–Crippen LogP) is 14.4. The Labute approximate surface area is 302 Å². The lowest BCUT2D eigenvalue weighted by Crippen LogP contribution is -2.11. The summed E-state index contributed by atoms with van der Waals surface area (Å²) in [4.78, 5) is 2.39. The third-order valence-corrected chi connectivity index (χ3v) is 10.3. The maximum Gasteiger partial charge on any atom is 0.143 e. The summed E-state index contributed by atoms with van der Waals surface area (Å²) >= 11 is 0. The minimum atomic E-state index is 0.893. The molecule has 10 rings (SSSR count). The summed E-state index contributed by atoms with van der Waals surface area (Å²) in [5, 5.41) is 7.01. The predicted molar refractivity (Wildman–Crippen MR) is 220 cm³/mol. The topological polar surface area (TPSA) is 16.4 Å². The van der Waals surface area contributed by atoms with Crippen molar-refractivity contribution in [2.75, 3.05) is 4.90 Å². The van der Waals surface area contributed by atoms with E-state index in [0.717, 1.165) is 60.9 Å². The molecule has 0 amide bonds. The van der Waals surface area contributed by atoms with Crippen molar-refractivity contribution < 1.29 is 4.42 Å². The molecule has 0 aliphatic rings. The lowest BCUT2D eigenvalue weighted by atomic mass is 9.93. The molecule has 2 nitrogen and oxygen atoms in total. The minimum Gasteiger partial charge on any atom is -0.455 e.